The number of hydrogen-bond acceptors (Lipinski definition) is 5. The highest BCUT2D eigenvalue weighted by molar-refractivity contribution is 6.35. The molecule has 7 nitrogen and oxygen atoms in total. The Morgan fingerprint density at radius 1 is 0.935 bits per heavy atom. The zero-order chi connectivity index (χ0) is 21.8. The predicted octanol–water partition coefficient (Wildman–Crippen LogP) is 2.50. The number of rotatable bonds is 5. The van der Waals surface area contributed by atoms with Crippen molar-refractivity contribution in [3.8, 4) is 11.5 Å². The summed E-state index contributed by atoms with van der Waals surface area (Å²) in [4.78, 5) is 31.5. The minimum atomic E-state index is -0.428. The molecule has 0 atom stereocenters. The summed E-state index contributed by atoms with van der Waals surface area (Å²) in [6.45, 7) is 7.92. The summed E-state index contributed by atoms with van der Waals surface area (Å²) in [5.74, 6) is 0.724. The van der Waals surface area contributed by atoms with Gasteiger partial charge in [-0.3, -0.25) is 14.5 Å². The van der Waals surface area contributed by atoms with E-state index >= 15 is 0 Å². The molecule has 0 radical (unpaired) electrons. The van der Waals surface area contributed by atoms with E-state index in [0.29, 0.717) is 19.6 Å². The van der Waals surface area contributed by atoms with Crippen molar-refractivity contribution in [2.45, 2.75) is 33.0 Å². The van der Waals surface area contributed by atoms with Crippen molar-refractivity contribution in [3.05, 3.63) is 59.7 Å². The number of carbonyl (C=O) groups excluding carboxylic acids is 2. The Balaban J connectivity index is 1.32. The van der Waals surface area contributed by atoms with E-state index in [1.54, 1.807) is 9.80 Å². The molecule has 164 valence electrons. The van der Waals surface area contributed by atoms with Gasteiger partial charge in [0.2, 0.25) is 6.79 Å². The smallest absolute Gasteiger partial charge is 0.312 e. The minimum absolute atomic E-state index is 0.0519. The van der Waals surface area contributed by atoms with Gasteiger partial charge in [0.25, 0.3) is 0 Å². The van der Waals surface area contributed by atoms with Gasteiger partial charge in [-0.15, -0.1) is 0 Å². The van der Waals surface area contributed by atoms with Crippen LogP contribution >= 0.6 is 0 Å². The SMILES string of the molecule is CC(C)N(Cc1ccccc1)C(=O)C(=O)N1CCN(Cc2ccc3c(c2)OCO3)CC1. The van der Waals surface area contributed by atoms with E-state index in [9.17, 15) is 9.59 Å². The van der Waals surface area contributed by atoms with Crippen LogP contribution in [0.1, 0.15) is 25.0 Å². The first-order chi connectivity index (χ1) is 15.0. The van der Waals surface area contributed by atoms with Crippen LogP contribution in [0.5, 0.6) is 11.5 Å². The Hall–Kier alpha value is -3.06. The van der Waals surface area contributed by atoms with E-state index in [4.69, 9.17) is 9.47 Å². The van der Waals surface area contributed by atoms with E-state index in [-0.39, 0.29) is 12.8 Å². The van der Waals surface area contributed by atoms with Gasteiger partial charge in [0, 0.05) is 45.3 Å². The normalized spacial score (nSPS) is 15.9. The monoisotopic (exact) mass is 423 g/mol. The number of carbonyl (C=O) groups is 2. The molecular weight excluding hydrogens is 394 g/mol. The molecule has 0 N–H and O–H groups in total. The van der Waals surface area contributed by atoms with Crippen LogP contribution in [0.25, 0.3) is 0 Å². The van der Waals surface area contributed by atoms with Gasteiger partial charge in [-0.2, -0.15) is 0 Å². The van der Waals surface area contributed by atoms with Gasteiger partial charge in [0.1, 0.15) is 0 Å². The molecule has 2 aliphatic heterocycles. The second kappa shape index (κ2) is 9.39. The maximum Gasteiger partial charge on any atom is 0.312 e. The summed E-state index contributed by atoms with van der Waals surface area (Å²) < 4.78 is 10.8. The van der Waals surface area contributed by atoms with Crippen LogP contribution in [-0.4, -0.2) is 65.5 Å². The first-order valence-corrected chi connectivity index (χ1v) is 10.8. The lowest BCUT2D eigenvalue weighted by Gasteiger charge is -2.36. The van der Waals surface area contributed by atoms with Gasteiger partial charge in [-0.05, 0) is 37.1 Å². The standard InChI is InChI=1S/C24H29N3O4/c1-18(2)27(16-19-6-4-3-5-7-19)24(29)23(28)26-12-10-25(11-13-26)15-20-8-9-21-22(14-20)31-17-30-21/h3-9,14,18H,10-13,15-17H2,1-2H3. The molecule has 4 rings (SSSR count). The average Bonchev–Trinajstić information content (AvgIpc) is 3.25. The molecule has 0 bridgehead atoms. The van der Waals surface area contributed by atoms with Crippen LogP contribution in [0.15, 0.2) is 48.5 Å². The Bertz CT molecular complexity index is 924. The first kappa shape index (κ1) is 21.2. The highest BCUT2D eigenvalue weighted by Gasteiger charge is 2.31. The third kappa shape index (κ3) is 4.99. The molecule has 0 saturated carbocycles. The molecule has 2 amide bonds. The quantitative estimate of drug-likeness (QED) is 0.692. The fourth-order valence-electron chi connectivity index (χ4n) is 3.93. The van der Waals surface area contributed by atoms with Gasteiger partial charge >= 0.3 is 11.8 Å². The second-order valence-corrected chi connectivity index (χ2v) is 8.27. The van der Waals surface area contributed by atoms with Gasteiger partial charge in [-0.1, -0.05) is 36.4 Å². The number of ether oxygens (including phenoxy) is 2. The molecule has 7 heteroatoms. The molecule has 0 aliphatic carbocycles. The lowest BCUT2D eigenvalue weighted by Crippen LogP contribution is -2.53. The van der Waals surface area contributed by atoms with Gasteiger partial charge in [-0.25, -0.2) is 0 Å². The predicted molar refractivity (Wildman–Crippen MR) is 117 cm³/mol. The zero-order valence-corrected chi connectivity index (χ0v) is 18.1. The van der Waals surface area contributed by atoms with Crippen LogP contribution in [0, 0.1) is 0 Å². The van der Waals surface area contributed by atoms with Crippen molar-refractivity contribution in [2.24, 2.45) is 0 Å². The Morgan fingerprint density at radius 3 is 2.35 bits per heavy atom. The number of nitrogens with zero attached hydrogens (tertiary/aromatic N) is 3. The third-order valence-corrected chi connectivity index (χ3v) is 5.77. The Labute approximate surface area is 183 Å². The van der Waals surface area contributed by atoms with Crippen molar-refractivity contribution in [2.75, 3.05) is 33.0 Å². The molecule has 2 aromatic rings. The van der Waals surface area contributed by atoms with Crippen LogP contribution in [0.2, 0.25) is 0 Å². The van der Waals surface area contributed by atoms with Crippen LogP contribution in [0.3, 0.4) is 0 Å². The highest BCUT2D eigenvalue weighted by atomic mass is 16.7. The van der Waals surface area contributed by atoms with Crippen molar-refractivity contribution < 1.29 is 19.1 Å². The number of hydrogen-bond donors (Lipinski definition) is 0. The molecule has 1 fully saturated rings. The molecule has 2 aromatic carbocycles. The lowest BCUT2D eigenvalue weighted by molar-refractivity contribution is -0.154. The van der Waals surface area contributed by atoms with Crippen molar-refractivity contribution >= 4 is 11.8 Å². The summed E-state index contributed by atoms with van der Waals surface area (Å²) in [6.07, 6.45) is 0. The molecule has 0 unspecified atom stereocenters. The molecule has 2 heterocycles. The number of amides is 2. The fraction of sp³-hybridized carbons (Fsp3) is 0.417. The van der Waals surface area contributed by atoms with Gasteiger partial charge < -0.3 is 19.3 Å². The Morgan fingerprint density at radius 2 is 1.65 bits per heavy atom. The zero-order valence-electron chi connectivity index (χ0n) is 18.1. The summed E-state index contributed by atoms with van der Waals surface area (Å²) in [6, 6.07) is 15.7. The van der Waals surface area contributed by atoms with Crippen LogP contribution in [0.4, 0.5) is 0 Å². The third-order valence-electron chi connectivity index (χ3n) is 5.77. The molecule has 0 aromatic heterocycles. The molecular formula is C24H29N3O4. The van der Waals surface area contributed by atoms with E-state index < -0.39 is 11.8 Å². The number of fused-ring (bicyclic) bond motifs is 1. The second-order valence-electron chi connectivity index (χ2n) is 8.27. The van der Waals surface area contributed by atoms with Gasteiger partial charge in [0.05, 0.1) is 0 Å². The minimum Gasteiger partial charge on any atom is -0.454 e. The first-order valence-electron chi connectivity index (χ1n) is 10.8. The summed E-state index contributed by atoms with van der Waals surface area (Å²) in [7, 11) is 0. The molecule has 31 heavy (non-hydrogen) atoms. The van der Waals surface area contributed by atoms with Crippen molar-refractivity contribution in [3.63, 3.8) is 0 Å². The lowest BCUT2D eigenvalue weighted by atomic mass is 10.1. The largest absolute Gasteiger partial charge is 0.454 e. The fourth-order valence-corrected chi connectivity index (χ4v) is 3.93. The highest BCUT2D eigenvalue weighted by Crippen LogP contribution is 2.32. The van der Waals surface area contributed by atoms with E-state index in [0.717, 1.165) is 42.3 Å². The van der Waals surface area contributed by atoms with Crippen molar-refractivity contribution in [1.82, 2.24) is 14.7 Å². The number of piperazine rings is 1. The Kier molecular flexibility index (Phi) is 6.42. The number of benzene rings is 2. The molecule has 0 spiro atoms. The molecule has 2 aliphatic rings. The summed E-state index contributed by atoms with van der Waals surface area (Å²) in [5, 5.41) is 0. The molecule has 1 saturated heterocycles. The van der Waals surface area contributed by atoms with E-state index in [1.807, 2.05) is 62.4 Å². The van der Waals surface area contributed by atoms with E-state index in [1.165, 1.54) is 0 Å². The van der Waals surface area contributed by atoms with Crippen LogP contribution < -0.4 is 9.47 Å². The maximum atomic E-state index is 13.0. The van der Waals surface area contributed by atoms with E-state index in [2.05, 4.69) is 4.90 Å². The topological polar surface area (TPSA) is 62.3 Å². The van der Waals surface area contributed by atoms with Crippen LogP contribution in [-0.2, 0) is 22.7 Å². The summed E-state index contributed by atoms with van der Waals surface area (Å²) >= 11 is 0. The average molecular weight is 424 g/mol. The van der Waals surface area contributed by atoms with Gasteiger partial charge in [0.15, 0.2) is 11.5 Å². The maximum absolute atomic E-state index is 13.0. The van der Waals surface area contributed by atoms with Crippen molar-refractivity contribution in [1.29, 1.82) is 0 Å². The summed E-state index contributed by atoms with van der Waals surface area (Å²) in [5.41, 5.74) is 2.17.